The lowest BCUT2D eigenvalue weighted by Gasteiger charge is -2.20. The van der Waals surface area contributed by atoms with Gasteiger partial charge in [-0.05, 0) is 19.1 Å². The predicted molar refractivity (Wildman–Crippen MR) is 63.9 cm³/mol. The Balaban J connectivity index is 2.25. The Hall–Kier alpha value is -1.24. The maximum atomic E-state index is 12.0. The van der Waals surface area contributed by atoms with Gasteiger partial charge in [-0.2, -0.15) is 8.42 Å². The third-order valence-corrected chi connectivity index (χ3v) is 3.96. The molecule has 0 aliphatic carbocycles. The molecule has 92 valence electrons. The number of rotatable bonds is 3. The van der Waals surface area contributed by atoms with Crippen molar-refractivity contribution in [3.05, 3.63) is 29.8 Å². The average Bonchev–Trinajstić information content (AvgIpc) is 2.64. The van der Waals surface area contributed by atoms with Crippen LogP contribution in [-0.4, -0.2) is 39.5 Å². The molecule has 0 fully saturated rings. The van der Waals surface area contributed by atoms with Crippen LogP contribution in [0.4, 0.5) is 0 Å². The molecule has 1 atom stereocenters. The van der Waals surface area contributed by atoms with Gasteiger partial charge in [0.1, 0.15) is 13.6 Å². The lowest BCUT2D eigenvalue weighted by atomic mass is 10.2. The minimum absolute atomic E-state index is 0.129. The fraction of sp³-hybridized carbons (Fsp3) is 0.364. The molecule has 1 aliphatic rings. The van der Waals surface area contributed by atoms with Crippen LogP contribution in [0.1, 0.15) is 5.56 Å². The van der Waals surface area contributed by atoms with Crippen LogP contribution in [0.2, 0.25) is 0 Å². The van der Waals surface area contributed by atoms with Crippen LogP contribution in [0.15, 0.2) is 34.2 Å². The molecule has 1 aliphatic heterocycles. The standard InChI is InChI=1S/C11H15N2O3S/c1-10-3-5-11(6-4-10)17(14,15)16-13(2)8-7-12-9-13/h3-6,9H,7-8H2,1-2H3/q+1. The number of aryl methyl sites for hydroxylation is 1. The Kier molecular flexibility index (Phi) is 3.03. The zero-order chi connectivity index (χ0) is 12.5. The molecule has 5 nitrogen and oxygen atoms in total. The first-order valence-electron chi connectivity index (χ1n) is 5.30. The first-order valence-corrected chi connectivity index (χ1v) is 6.71. The van der Waals surface area contributed by atoms with Crippen LogP contribution in [0.25, 0.3) is 0 Å². The first kappa shape index (κ1) is 12.2. The average molecular weight is 255 g/mol. The number of likely N-dealkylation sites (N-methyl/N-ethyl adjacent to an activating group) is 1. The second kappa shape index (κ2) is 4.21. The van der Waals surface area contributed by atoms with Gasteiger partial charge in [0, 0.05) is 0 Å². The van der Waals surface area contributed by atoms with E-state index in [2.05, 4.69) is 4.99 Å². The molecule has 1 aromatic carbocycles. The number of hydrogen-bond acceptors (Lipinski definition) is 4. The zero-order valence-electron chi connectivity index (χ0n) is 9.83. The van der Waals surface area contributed by atoms with E-state index in [1.165, 1.54) is 6.34 Å². The maximum Gasteiger partial charge on any atom is 0.343 e. The number of nitrogens with zero attached hydrogens (tertiary/aromatic N) is 2. The maximum absolute atomic E-state index is 12.0. The van der Waals surface area contributed by atoms with Crippen LogP contribution in [0.3, 0.4) is 0 Å². The monoisotopic (exact) mass is 255 g/mol. The number of benzene rings is 1. The second-order valence-corrected chi connectivity index (χ2v) is 5.79. The molecule has 6 heteroatoms. The van der Waals surface area contributed by atoms with Gasteiger partial charge in [0.15, 0.2) is 0 Å². The summed E-state index contributed by atoms with van der Waals surface area (Å²) in [7, 11) is -2.07. The van der Waals surface area contributed by atoms with E-state index in [-0.39, 0.29) is 9.54 Å². The van der Waals surface area contributed by atoms with Gasteiger partial charge in [0.2, 0.25) is 6.34 Å². The van der Waals surface area contributed by atoms with E-state index in [9.17, 15) is 8.42 Å². The Labute approximate surface area is 101 Å². The molecular weight excluding hydrogens is 240 g/mol. The lowest BCUT2D eigenvalue weighted by Crippen LogP contribution is -2.42. The zero-order valence-corrected chi connectivity index (χ0v) is 10.6. The smallest absolute Gasteiger partial charge is 0.233 e. The Morgan fingerprint density at radius 3 is 2.47 bits per heavy atom. The van der Waals surface area contributed by atoms with Gasteiger partial charge >= 0.3 is 10.1 Å². The lowest BCUT2D eigenvalue weighted by molar-refractivity contribution is -0.980. The molecule has 0 bridgehead atoms. The highest BCUT2D eigenvalue weighted by Crippen LogP contribution is 2.18. The third kappa shape index (κ3) is 2.71. The molecule has 0 spiro atoms. The highest BCUT2D eigenvalue weighted by molar-refractivity contribution is 7.86. The minimum Gasteiger partial charge on any atom is -0.233 e. The van der Waals surface area contributed by atoms with Crippen LogP contribution in [0, 0.1) is 6.92 Å². The van der Waals surface area contributed by atoms with E-state index < -0.39 is 10.1 Å². The van der Waals surface area contributed by atoms with E-state index in [1.807, 2.05) is 6.92 Å². The molecule has 17 heavy (non-hydrogen) atoms. The van der Waals surface area contributed by atoms with Crippen molar-refractivity contribution in [2.45, 2.75) is 11.8 Å². The number of quaternary nitrogens is 1. The molecule has 0 saturated carbocycles. The van der Waals surface area contributed by atoms with Gasteiger partial charge in [-0.1, -0.05) is 22.0 Å². The molecule has 0 radical (unpaired) electrons. The molecule has 1 aromatic rings. The Bertz CT molecular complexity index is 536. The Morgan fingerprint density at radius 1 is 1.29 bits per heavy atom. The molecule has 0 amide bonds. The number of hydroxylamine groups is 3. The largest absolute Gasteiger partial charge is 0.343 e. The highest BCUT2D eigenvalue weighted by Gasteiger charge is 2.34. The molecule has 0 saturated heterocycles. The fourth-order valence-electron chi connectivity index (χ4n) is 1.57. The van der Waals surface area contributed by atoms with Gasteiger partial charge in [0.05, 0.1) is 11.4 Å². The van der Waals surface area contributed by atoms with Gasteiger partial charge in [-0.3, -0.25) is 0 Å². The second-order valence-electron chi connectivity index (χ2n) is 4.26. The highest BCUT2D eigenvalue weighted by atomic mass is 32.2. The summed E-state index contributed by atoms with van der Waals surface area (Å²) in [6, 6.07) is 6.58. The third-order valence-electron chi connectivity index (χ3n) is 2.58. The molecule has 1 unspecified atom stereocenters. The van der Waals surface area contributed by atoms with E-state index in [4.69, 9.17) is 4.28 Å². The number of hydrogen-bond donors (Lipinski definition) is 0. The normalized spacial score (nSPS) is 24.1. The summed E-state index contributed by atoms with van der Waals surface area (Å²) in [4.78, 5) is 4.16. The molecular formula is C11H15N2O3S+. The molecule has 0 N–H and O–H groups in total. The van der Waals surface area contributed by atoms with Crippen LogP contribution in [0.5, 0.6) is 0 Å². The van der Waals surface area contributed by atoms with Crippen molar-refractivity contribution >= 4 is 16.5 Å². The summed E-state index contributed by atoms with van der Waals surface area (Å²) in [5.74, 6) is 0. The quantitative estimate of drug-likeness (QED) is 0.760. The summed E-state index contributed by atoms with van der Waals surface area (Å²) in [6.45, 7) is 3.02. The SMILES string of the molecule is Cc1ccc(S(=O)(=O)O[N+]2(C)C=NCC2)cc1. The Morgan fingerprint density at radius 2 is 1.94 bits per heavy atom. The van der Waals surface area contributed by atoms with Crippen molar-refractivity contribution < 1.29 is 17.3 Å². The van der Waals surface area contributed by atoms with Crippen molar-refractivity contribution in [2.75, 3.05) is 20.1 Å². The summed E-state index contributed by atoms with van der Waals surface area (Å²) in [5.41, 5.74) is 1.01. The van der Waals surface area contributed by atoms with Crippen LogP contribution in [-0.2, 0) is 14.4 Å². The topological polar surface area (TPSA) is 55.7 Å². The van der Waals surface area contributed by atoms with Crippen molar-refractivity contribution in [1.82, 2.24) is 0 Å². The summed E-state index contributed by atoms with van der Waals surface area (Å²) in [5, 5.41) is 0. The van der Waals surface area contributed by atoms with E-state index in [0.717, 1.165) is 5.56 Å². The van der Waals surface area contributed by atoms with E-state index in [1.54, 1.807) is 31.3 Å². The summed E-state index contributed by atoms with van der Waals surface area (Å²) >= 11 is 0. The predicted octanol–water partition coefficient (Wildman–Crippen LogP) is 1.10. The van der Waals surface area contributed by atoms with Crippen LogP contribution < -0.4 is 0 Å². The minimum atomic E-state index is -3.74. The van der Waals surface area contributed by atoms with Crippen molar-refractivity contribution in [1.29, 1.82) is 0 Å². The van der Waals surface area contributed by atoms with Gasteiger partial charge in [-0.15, -0.1) is 4.65 Å². The molecule has 0 aromatic heterocycles. The van der Waals surface area contributed by atoms with Crippen LogP contribution >= 0.6 is 0 Å². The molecule has 1 heterocycles. The molecule has 2 rings (SSSR count). The van der Waals surface area contributed by atoms with Crippen molar-refractivity contribution in [3.8, 4) is 0 Å². The van der Waals surface area contributed by atoms with Gasteiger partial charge in [0.25, 0.3) is 0 Å². The van der Waals surface area contributed by atoms with E-state index >= 15 is 0 Å². The summed E-state index contributed by atoms with van der Waals surface area (Å²) in [6.07, 6.45) is 1.51. The summed E-state index contributed by atoms with van der Waals surface area (Å²) < 4.78 is 29.1. The first-order chi connectivity index (χ1) is 7.91. The van der Waals surface area contributed by atoms with Crippen molar-refractivity contribution in [3.63, 3.8) is 0 Å². The number of aliphatic imine (C=N–C) groups is 1. The van der Waals surface area contributed by atoms with Crippen molar-refractivity contribution in [2.24, 2.45) is 4.99 Å². The van der Waals surface area contributed by atoms with Gasteiger partial charge < -0.3 is 0 Å². The fourth-order valence-corrected chi connectivity index (χ4v) is 2.69. The van der Waals surface area contributed by atoms with E-state index in [0.29, 0.717) is 13.1 Å². The van der Waals surface area contributed by atoms with Gasteiger partial charge in [-0.25, -0.2) is 4.99 Å².